The number of hydrogen-bond donors (Lipinski definition) is 0. The van der Waals surface area contributed by atoms with Crippen LogP contribution in [0, 0.1) is 5.82 Å². The SMILES string of the molecule is O=C(c1ccccc1)c1ccc(F)cc1OCF. The molecule has 0 aliphatic rings. The van der Waals surface area contributed by atoms with Crippen LogP contribution in [-0.2, 0) is 0 Å². The number of benzene rings is 2. The normalized spacial score (nSPS) is 10.1. The van der Waals surface area contributed by atoms with Crippen LogP contribution in [0.1, 0.15) is 15.9 Å². The van der Waals surface area contributed by atoms with Crippen molar-refractivity contribution in [3.05, 3.63) is 65.5 Å². The van der Waals surface area contributed by atoms with Crippen LogP contribution in [0.2, 0.25) is 0 Å². The number of alkyl halides is 1. The summed E-state index contributed by atoms with van der Waals surface area (Å²) in [6.45, 7) is -1.11. The molecule has 0 atom stereocenters. The van der Waals surface area contributed by atoms with Crippen molar-refractivity contribution in [3.8, 4) is 5.75 Å². The average Bonchev–Trinajstić information content (AvgIpc) is 2.40. The molecule has 2 aromatic carbocycles. The topological polar surface area (TPSA) is 26.3 Å². The van der Waals surface area contributed by atoms with E-state index in [1.54, 1.807) is 30.3 Å². The molecule has 0 fully saturated rings. The average molecular weight is 248 g/mol. The van der Waals surface area contributed by atoms with Gasteiger partial charge in [-0.05, 0) is 12.1 Å². The lowest BCUT2D eigenvalue weighted by Crippen LogP contribution is -2.05. The van der Waals surface area contributed by atoms with E-state index in [4.69, 9.17) is 0 Å². The highest BCUT2D eigenvalue weighted by atomic mass is 19.1. The third-order valence-corrected chi connectivity index (χ3v) is 2.43. The van der Waals surface area contributed by atoms with Crippen molar-refractivity contribution in [1.29, 1.82) is 0 Å². The fraction of sp³-hybridized carbons (Fsp3) is 0.0714. The predicted octanol–water partition coefficient (Wildman–Crippen LogP) is 3.36. The fourth-order valence-electron chi connectivity index (χ4n) is 1.61. The minimum absolute atomic E-state index is 0.0913. The van der Waals surface area contributed by atoms with Crippen molar-refractivity contribution in [2.24, 2.45) is 0 Å². The summed E-state index contributed by atoms with van der Waals surface area (Å²) in [5.41, 5.74) is 0.577. The Labute approximate surface area is 103 Å². The maximum atomic E-state index is 13.0. The first kappa shape index (κ1) is 12.2. The predicted molar refractivity (Wildman–Crippen MR) is 62.9 cm³/mol. The monoisotopic (exact) mass is 248 g/mol. The quantitative estimate of drug-likeness (QED) is 0.775. The maximum Gasteiger partial charge on any atom is 0.228 e. The van der Waals surface area contributed by atoms with Gasteiger partial charge in [0, 0.05) is 11.6 Å². The van der Waals surface area contributed by atoms with Gasteiger partial charge in [-0.15, -0.1) is 0 Å². The van der Waals surface area contributed by atoms with Gasteiger partial charge in [0.15, 0.2) is 5.78 Å². The molecule has 4 heteroatoms. The maximum absolute atomic E-state index is 13.0. The summed E-state index contributed by atoms with van der Waals surface area (Å²) in [6.07, 6.45) is 0. The third-order valence-electron chi connectivity index (χ3n) is 2.43. The van der Waals surface area contributed by atoms with Gasteiger partial charge in [-0.2, -0.15) is 0 Å². The van der Waals surface area contributed by atoms with Gasteiger partial charge in [0.2, 0.25) is 6.86 Å². The Morgan fingerprint density at radius 1 is 1.11 bits per heavy atom. The number of ether oxygens (including phenoxy) is 1. The van der Waals surface area contributed by atoms with Crippen molar-refractivity contribution in [2.75, 3.05) is 6.86 Å². The molecular weight excluding hydrogens is 238 g/mol. The number of rotatable bonds is 4. The Hall–Kier alpha value is -2.23. The lowest BCUT2D eigenvalue weighted by atomic mass is 10.0. The molecule has 18 heavy (non-hydrogen) atoms. The third kappa shape index (κ3) is 2.53. The van der Waals surface area contributed by atoms with E-state index in [-0.39, 0.29) is 17.1 Å². The van der Waals surface area contributed by atoms with Gasteiger partial charge < -0.3 is 4.74 Å². The number of ketones is 1. The molecule has 0 heterocycles. The molecule has 0 saturated carbocycles. The van der Waals surface area contributed by atoms with E-state index < -0.39 is 12.7 Å². The van der Waals surface area contributed by atoms with E-state index >= 15 is 0 Å². The van der Waals surface area contributed by atoms with Gasteiger partial charge in [-0.3, -0.25) is 4.79 Å². The smallest absolute Gasteiger partial charge is 0.228 e. The molecule has 0 unspecified atom stereocenters. The molecule has 2 nitrogen and oxygen atoms in total. The van der Waals surface area contributed by atoms with Crippen LogP contribution < -0.4 is 4.74 Å². The first-order valence-electron chi connectivity index (χ1n) is 5.30. The van der Waals surface area contributed by atoms with E-state index in [2.05, 4.69) is 4.74 Å². The van der Waals surface area contributed by atoms with Crippen molar-refractivity contribution in [1.82, 2.24) is 0 Å². The summed E-state index contributed by atoms with van der Waals surface area (Å²) in [4.78, 5) is 12.1. The minimum Gasteiger partial charge on any atom is -0.462 e. The number of carbonyl (C=O) groups excluding carboxylic acids is 1. The zero-order valence-electron chi connectivity index (χ0n) is 9.40. The molecule has 0 radical (unpaired) electrons. The van der Waals surface area contributed by atoms with Crippen LogP contribution in [-0.4, -0.2) is 12.6 Å². The van der Waals surface area contributed by atoms with Crippen LogP contribution in [0.4, 0.5) is 8.78 Å². The lowest BCUT2D eigenvalue weighted by molar-refractivity contribution is 0.103. The zero-order chi connectivity index (χ0) is 13.0. The number of hydrogen-bond acceptors (Lipinski definition) is 2. The van der Waals surface area contributed by atoms with Gasteiger partial charge in [-0.1, -0.05) is 30.3 Å². The van der Waals surface area contributed by atoms with Gasteiger partial charge in [0.1, 0.15) is 11.6 Å². The van der Waals surface area contributed by atoms with E-state index in [0.717, 1.165) is 12.1 Å². The number of carbonyl (C=O) groups is 1. The second-order valence-electron chi connectivity index (χ2n) is 3.59. The van der Waals surface area contributed by atoms with E-state index in [9.17, 15) is 13.6 Å². The molecule has 0 amide bonds. The van der Waals surface area contributed by atoms with Crippen molar-refractivity contribution >= 4 is 5.78 Å². The van der Waals surface area contributed by atoms with E-state index in [1.807, 2.05) is 0 Å². The van der Waals surface area contributed by atoms with Gasteiger partial charge in [0.05, 0.1) is 5.56 Å². The Bertz CT molecular complexity index is 553. The molecular formula is C14H10F2O2. The van der Waals surface area contributed by atoms with Crippen LogP contribution in [0.25, 0.3) is 0 Å². The zero-order valence-corrected chi connectivity index (χ0v) is 9.40. The molecule has 0 saturated heterocycles. The van der Waals surface area contributed by atoms with Crippen LogP contribution in [0.15, 0.2) is 48.5 Å². The minimum atomic E-state index is -1.11. The lowest BCUT2D eigenvalue weighted by Gasteiger charge is -2.08. The standard InChI is InChI=1S/C14H10F2O2/c15-9-18-13-8-11(16)6-7-12(13)14(17)10-4-2-1-3-5-10/h1-8H,9H2. The van der Waals surface area contributed by atoms with Gasteiger partial charge in [-0.25, -0.2) is 8.78 Å². The molecule has 2 rings (SSSR count). The summed E-state index contributed by atoms with van der Waals surface area (Å²) in [7, 11) is 0. The molecule has 2 aromatic rings. The van der Waals surface area contributed by atoms with Crippen molar-refractivity contribution in [2.45, 2.75) is 0 Å². The van der Waals surface area contributed by atoms with E-state index in [1.165, 1.54) is 6.07 Å². The highest BCUT2D eigenvalue weighted by molar-refractivity contribution is 6.10. The summed E-state index contributed by atoms with van der Waals surface area (Å²) < 4.78 is 29.9. The van der Waals surface area contributed by atoms with Crippen LogP contribution >= 0.6 is 0 Å². The Balaban J connectivity index is 2.41. The molecule has 0 aromatic heterocycles. The first-order valence-corrected chi connectivity index (χ1v) is 5.30. The highest BCUT2D eigenvalue weighted by Gasteiger charge is 2.15. The van der Waals surface area contributed by atoms with Gasteiger partial charge >= 0.3 is 0 Å². The fourth-order valence-corrected chi connectivity index (χ4v) is 1.61. The highest BCUT2D eigenvalue weighted by Crippen LogP contribution is 2.23. The second-order valence-corrected chi connectivity index (χ2v) is 3.59. The Morgan fingerprint density at radius 3 is 2.50 bits per heavy atom. The molecule has 0 aliphatic heterocycles. The largest absolute Gasteiger partial charge is 0.462 e. The molecule has 0 bridgehead atoms. The van der Waals surface area contributed by atoms with E-state index in [0.29, 0.717) is 5.56 Å². The molecule has 0 N–H and O–H groups in total. The Morgan fingerprint density at radius 2 is 1.83 bits per heavy atom. The van der Waals surface area contributed by atoms with Crippen molar-refractivity contribution in [3.63, 3.8) is 0 Å². The molecule has 92 valence electrons. The van der Waals surface area contributed by atoms with Crippen LogP contribution in [0.5, 0.6) is 5.75 Å². The van der Waals surface area contributed by atoms with Crippen LogP contribution in [0.3, 0.4) is 0 Å². The first-order chi connectivity index (χ1) is 8.72. The van der Waals surface area contributed by atoms with Crippen molar-refractivity contribution < 1.29 is 18.3 Å². The molecule has 0 aliphatic carbocycles. The summed E-state index contributed by atoms with van der Waals surface area (Å²) in [6, 6.07) is 11.9. The second kappa shape index (κ2) is 5.40. The summed E-state index contributed by atoms with van der Waals surface area (Å²) in [5, 5.41) is 0. The summed E-state index contributed by atoms with van der Waals surface area (Å²) in [5.74, 6) is -1.01. The molecule has 0 spiro atoms. The van der Waals surface area contributed by atoms with Gasteiger partial charge in [0.25, 0.3) is 0 Å². The number of halogens is 2. The summed E-state index contributed by atoms with van der Waals surface area (Å²) >= 11 is 0. The Kier molecular flexibility index (Phi) is 3.67.